The van der Waals surface area contributed by atoms with Crippen LogP contribution in [0.1, 0.15) is 18.9 Å². The van der Waals surface area contributed by atoms with Gasteiger partial charge in [-0.05, 0) is 46.6 Å². The number of aromatic nitrogens is 1. The van der Waals surface area contributed by atoms with Gasteiger partial charge in [-0.15, -0.1) is 11.3 Å². The van der Waals surface area contributed by atoms with E-state index in [4.69, 9.17) is 4.98 Å². The molecule has 3 rings (SSSR count). The van der Waals surface area contributed by atoms with E-state index in [1.165, 1.54) is 11.3 Å². The molecule has 2 atom stereocenters. The van der Waals surface area contributed by atoms with Gasteiger partial charge in [0.15, 0.2) is 5.13 Å². The highest BCUT2D eigenvalue weighted by molar-refractivity contribution is 14.1. The number of rotatable bonds is 10. The molecule has 0 radical (unpaired) electrons. The van der Waals surface area contributed by atoms with E-state index in [1.807, 2.05) is 66.9 Å². The maximum Gasteiger partial charge on any atom is 0.304 e. The summed E-state index contributed by atoms with van der Waals surface area (Å²) in [5, 5.41) is 21.5. The normalized spacial score (nSPS) is 12.8. The van der Waals surface area contributed by atoms with Crippen molar-refractivity contribution in [1.29, 1.82) is 0 Å². The zero-order chi connectivity index (χ0) is 23.1. The fourth-order valence-electron chi connectivity index (χ4n) is 3.39. The van der Waals surface area contributed by atoms with Crippen LogP contribution in [0.2, 0.25) is 0 Å². The van der Waals surface area contributed by atoms with Crippen LogP contribution >= 0.6 is 33.9 Å². The first-order chi connectivity index (χ1) is 15.4. The van der Waals surface area contributed by atoms with Gasteiger partial charge in [0, 0.05) is 27.7 Å². The van der Waals surface area contributed by atoms with Crippen molar-refractivity contribution in [1.82, 2.24) is 4.98 Å². The minimum absolute atomic E-state index is 0.0825. The first-order valence-electron chi connectivity index (χ1n) is 10.3. The molecule has 8 heteroatoms. The van der Waals surface area contributed by atoms with E-state index in [-0.39, 0.29) is 31.4 Å². The van der Waals surface area contributed by atoms with Crippen molar-refractivity contribution >= 4 is 50.9 Å². The molecular weight excluding hydrogens is 539 g/mol. The van der Waals surface area contributed by atoms with E-state index in [0.717, 1.165) is 20.4 Å². The number of aliphatic hydroxyl groups is 1. The summed E-state index contributed by atoms with van der Waals surface area (Å²) >= 11 is 3.60. The van der Waals surface area contributed by atoms with Crippen molar-refractivity contribution < 1.29 is 19.8 Å². The summed E-state index contributed by atoms with van der Waals surface area (Å²) < 4.78 is 1.05. The minimum Gasteiger partial charge on any atom is -0.481 e. The second kappa shape index (κ2) is 11.5. The van der Waals surface area contributed by atoms with E-state index < -0.39 is 11.9 Å². The van der Waals surface area contributed by atoms with Gasteiger partial charge in [0.1, 0.15) is 0 Å². The highest BCUT2D eigenvalue weighted by Crippen LogP contribution is 2.32. The number of halogens is 1. The van der Waals surface area contributed by atoms with Crippen molar-refractivity contribution in [2.75, 3.05) is 18.1 Å². The summed E-state index contributed by atoms with van der Waals surface area (Å²) in [6, 6.07) is 17.3. The van der Waals surface area contributed by atoms with Crippen LogP contribution in [0, 0.1) is 15.4 Å². The molecule has 1 amide bonds. The fraction of sp³-hybridized carbons (Fsp3) is 0.292. The second-order valence-corrected chi connectivity index (χ2v) is 9.72. The van der Waals surface area contributed by atoms with Crippen LogP contribution in [-0.4, -0.2) is 40.2 Å². The Hall–Kier alpha value is -2.30. The zero-order valence-corrected chi connectivity index (χ0v) is 20.6. The number of nitrogens with zero attached hydrogens (tertiary/aromatic N) is 2. The van der Waals surface area contributed by atoms with E-state index in [1.54, 1.807) is 4.90 Å². The average Bonchev–Trinajstić information content (AvgIpc) is 3.26. The molecular formula is C24H25IN2O4S. The standard InChI is InChI=1S/C24H25IN2O4S/c1-16(14-28)13-27(24-26-21(15-32-24)19-9-5-6-10-20(19)25)23(31)18(12-22(29)30)11-17-7-3-2-4-8-17/h2-10,15-16,18,28H,11-14H2,1H3,(H,29,30)/t16?,18-/m1/s1. The molecule has 32 heavy (non-hydrogen) atoms. The molecule has 0 aliphatic heterocycles. The maximum absolute atomic E-state index is 13.6. The molecule has 1 heterocycles. The Morgan fingerprint density at radius 1 is 1.12 bits per heavy atom. The highest BCUT2D eigenvalue weighted by Gasteiger charge is 2.30. The summed E-state index contributed by atoms with van der Waals surface area (Å²) in [6.07, 6.45) is 0.0529. The van der Waals surface area contributed by atoms with Crippen LogP contribution < -0.4 is 4.90 Å². The molecule has 0 saturated carbocycles. The van der Waals surface area contributed by atoms with E-state index in [0.29, 0.717) is 11.6 Å². The third-order valence-corrected chi connectivity index (χ3v) is 6.84. The van der Waals surface area contributed by atoms with Crippen LogP contribution in [0.5, 0.6) is 0 Å². The third-order valence-electron chi connectivity index (χ3n) is 5.04. The van der Waals surface area contributed by atoms with Crippen LogP contribution in [0.3, 0.4) is 0 Å². The first-order valence-corrected chi connectivity index (χ1v) is 12.2. The van der Waals surface area contributed by atoms with Gasteiger partial charge in [0.2, 0.25) is 5.91 Å². The second-order valence-electron chi connectivity index (χ2n) is 7.72. The molecule has 0 aliphatic carbocycles. The van der Waals surface area contributed by atoms with Crippen LogP contribution in [0.25, 0.3) is 11.3 Å². The number of amides is 1. The average molecular weight is 564 g/mol. The van der Waals surface area contributed by atoms with Gasteiger partial charge in [-0.3, -0.25) is 14.5 Å². The molecule has 168 valence electrons. The van der Waals surface area contributed by atoms with Gasteiger partial charge in [0.05, 0.1) is 18.0 Å². The lowest BCUT2D eigenvalue weighted by molar-refractivity contribution is -0.140. The minimum atomic E-state index is -1.02. The number of thiazole rings is 1. The lowest BCUT2D eigenvalue weighted by Gasteiger charge is -2.27. The third kappa shape index (κ3) is 6.36. The van der Waals surface area contributed by atoms with Crippen molar-refractivity contribution in [3.8, 4) is 11.3 Å². The molecule has 0 fully saturated rings. The highest BCUT2D eigenvalue weighted by atomic mass is 127. The van der Waals surface area contributed by atoms with E-state index >= 15 is 0 Å². The number of anilines is 1. The van der Waals surface area contributed by atoms with Gasteiger partial charge < -0.3 is 10.2 Å². The number of hydrogen-bond donors (Lipinski definition) is 2. The topological polar surface area (TPSA) is 90.7 Å². The Bertz CT molecular complexity index is 1060. The predicted octanol–water partition coefficient (Wildman–Crippen LogP) is 4.71. The molecule has 0 bridgehead atoms. The van der Waals surface area contributed by atoms with Crippen LogP contribution in [0.15, 0.2) is 60.0 Å². The number of carboxylic acids is 1. The number of carboxylic acid groups (broad SMARTS) is 1. The molecule has 1 aromatic heterocycles. The van der Waals surface area contributed by atoms with Crippen molar-refractivity contribution in [3.63, 3.8) is 0 Å². The number of aliphatic carboxylic acids is 1. The molecule has 2 aromatic carbocycles. The number of aliphatic hydroxyl groups excluding tert-OH is 1. The van der Waals surface area contributed by atoms with Gasteiger partial charge in [0.25, 0.3) is 0 Å². The van der Waals surface area contributed by atoms with E-state index in [2.05, 4.69) is 22.6 Å². The van der Waals surface area contributed by atoms with Crippen molar-refractivity contribution in [3.05, 3.63) is 69.1 Å². The fourth-order valence-corrected chi connectivity index (χ4v) is 4.89. The van der Waals surface area contributed by atoms with E-state index in [9.17, 15) is 19.8 Å². The van der Waals surface area contributed by atoms with Crippen molar-refractivity contribution in [2.24, 2.45) is 11.8 Å². The number of carbonyl (C=O) groups excluding carboxylic acids is 1. The van der Waals surface area contributed by atoms with Crippen LogP contribution in [-0.2, 0) is 16.0 Å². The zero-order valence-electron chi connectivity index (χ0n) is 17.6. The Balaban J connectivity index is 1.93. The lowest BCUT2D eigenvalue weighted by Crippen LogP contribution is -2.41. The Morgan fingerprint density at radius 3 is 2.47 bits per heavy atom. The molecule has 0 aliphatic rings. The summed E-state index contributed by atoms with van der Waals surface area (Å²) in [5.74, 6) is -2.22. The van der Waals surface area contributed by atoms with Gasteiger partial charge >= 0.3 is 5.97 Å². The Morgan fingerprint density at radius 2 is 1.81 bits per heavy atom. The number of hydrogen-bond acceptors (Lipinski definition) is 5. The molecule has 6 nitrogen and oxygen atoms in total. The summed E-state index contributed by atoms with van der Waals surface area (Å²) in [7, 11) is 0. The quantitative estimate of drug-likeness (QED) is 0.348. The largest absolute Gasteiger partial charge is 0.481 e. The molecule has 2 N–H and O–H groups in total. The van der Waals surface area contributed by atoms with Gasteiger partial charge in [-0.2, -0.15) is 0 Å². The number of benzene rings is 2. The lowest BCUT2D eigenvalue weighted by atomic mass is 9.94. The first kappa shape index (κ1) is 24.3. The van der Waals surface area contributed by atoms with Crippen molar-refractivity contribution in [2.45, 2.75) is 19.8 Å². The Kier molecular flexibility index (Phi) is 8.77. The summed E-state index contributed by atoms with van der Waals surface area (Å²) in [6.45, 7) is 2.03. The van der Waals surface area contributed by atoms with Gasteiger partial charge in [-0.25, -0.2) is 4.98 Å². The molecule has 3 aromatic rings. The molecule has 1 unspecified atom stereocenters. The molecule has 0 saturated heterocycles. The summed E-state index contributed by atoms with van der Waals surface area (Å²) in [4.78, 5) is 31.4. The molecule has 0 spiro atoms. The number of carbonyl (C=O) groups is 2. The monoisotopic (exact) mass is 564 g/mol. The summed E-state index contributed by atoms with van der Waals surface area (Å²) in [5.41, 5.74) is 2.65. The van der Waals surface area contributed by atoms with Gasteiger partial charge in [-0.1, -0.05) is 55.5 Å². The SMILES string of the molecule is CC(CO)CN(C(=O)[C@@H](CC(=O)O)Cc1ccccc1)c1nc(-c2ccccc2I)cs1. The van der Waals surface area contributed by atoms with Crippen LogP contribution in [0.4, 0.5) is 5.13 Å². The Labute approximate surface area is 205 Å². The maximum atomic E-state index is 13.6. The smallest absolute Gasteiger partial charge is 0.304 e. The predicted molar refractivity (Wildman–Crippen MR) is 135 cm³/mol.